The van der Waals surface area contributed by atoms with Crippen molar-refractivity contribution in [2.45, 2.75) is 6.92 Å². The predicted molar refractivity (Wildman–Crippen MR) is 110 cm³/mol. The normalized spacial score (nSPS) is 13.0. The van der Waals surface area contributed by atoms with Gasteiger partial charge in [-0.05, 0) is 43.3 Å². The maximum absolute atomic E-state index is 12.6. The SMILES string of the molecule is CCS(=O)(=O)Nc1ccc(NC(=O)C2=Cc3cc(Cl)ccc3OC2)cc1OC. The van der Waals surface area contributed by atoms with Gasteiger partial charge in [0.2, 0.25) is 10.0 Å². The molecule has 0 atom stereocenters. The van der Waals surface area contributed by atoms with Gasteiger partial charge in [0.1, 0.15) is 18.1 Å². The van der Waals surface area contributed by atoms with Crippen molar-refractivity contribution in [3.8, 4) is 11.5 Å². The van der Waals surface area contributed by atoms with Crippen LogP contribution in [-0.4, -0.2) is 33.8 Å². The number of fused-ring (bicyclic) bond motifs is 1. The molecule has 0 fully saturated rings. The minimum absolute atomic E-state index is 0.0612. The third kappa shape index (κ3) is 4.58. The lowest BCUT2D eigenvalue weighted by Crippen LogP contribution is -2.21. The molecule has 0 spiro atoms. The van der Waals surface area contributed by atoms with Gasteiger partial charge in [0.05, 0.1) is 24.1 Å². The van der Waals surface area contributed by atoms with E-state index >= 15 is 0 Å². The van der Waals surface area contributed by atoms with Crippen molar-refractivity contribution >= 4 is 45.0 Å². The van der Waals surface area contributed by atoms with Crippen LogP contribution in [0.3, 0.4) is 0 Å². The van der Waals surface area contributed by atoms with Crippen LogP contribution in [0.1, 0.15) is 12.5 Å². The van der Waals surface area contributed by atoms with Crippen LogP contribution in [0, 0.1) is 0 Å². The zero-order valence-corrected chi connectivity index (χ0v) is 16.9. The summed E-state index contributed by atoms with van der Waals surface area (Å²) in [6.45, 7) is 1.67. The van der Waals surface area contributed by atoms with E-state index in [0.717, 1.165) is 5.56 Å². The number of anilines is 2. The van der Waals surface area contributed by atoms with Gasteiger partial charge in [0.25, 0.3) is 5.91 Å². The number of benzene rings is 2. The van der Waals surface area contributed by atoms with Crippen LogP contribution in [0.15, 0.2) is 42.0 Å². The smallest absolute Gasteiger partial charge is 0.255 e. The quantitative estimate of drug-likeness (QED) is 0.742. The molecule has 2 aromatic rings. The fourth-order valence-corrected chi connectivity index (χ4v) is 3.41. The number of nitrogens with one attached hydrogen (secondary N) is 2. The lowest BCUT2D eigenvalue weighted by molar-refractivity contribution is -0.113. The van der Waals surface area contributed by atoms with Crippen LogP contribution < -0.4 is 19.5 Å². The molecule has 7 nitrogen and oxygen atoms in total. The van der Waals surface area contributed by atoms with Crippen molar-refractivity contribution < 1.29 is 22.7 Å². The topological polar surface area (TPSA) is 93.7 Å². The molecule has 9 heteroatoms. The molecule has 2 aromatic carbocycles. The number of halogens is 1. The molecule has 0 radical (unpaired) electrons. The van der Waals surface area contributed by atoms with Gasteiger partial charge in [-0.1, -0.05) is 11.6 Å². The third-order valence-electron chi connectivity index (χ3n) is 4.08. The second-order valence-corrected chi connectivity index (χ2v) is 8.46. The van der Waals surface area contributed by atoms with E-state index in [1.165, 1.54) is 20.1 Å². The number of carbonyl (C=O) groups excluding carboxylic acids is 1. The van der Waals surface area contributed by atoms with Crippen LogP contribution in [0.2, 0.25) is 5.02 Å². The molecular weight excluding hydrogens is 404 g/mol. The molecule has 0 aromatic heterocycles. The number of rotatable bonds is 6. The molecule has 1 aliphatic rings. The Bertz CT molecular complexity index is 1050. The summed E-state index contributed by atoms with van der Waals surface area (Å²) in [4.78, 5) is 12.6. The molecule has 1 heterocycles. The van der Waals surface area contributed by atoms with E-state index in [4.69, 9.17) is 21.1 Å². The Morgan fingerprint density at radius 3 is 2.75 bits per heavy atom. The first kappa shape index (κ1) is 20.0. The molecule has 28 heavy (non-hydrogen) atoms. The number of sulfonamides is 1. The average Bonchev–Trinajstić information content (AvgIpc) is 2.68. The van der Waals surface area contributed by atoms with E-state index in [0.29, 0.717) is 33.5 Å². The zero-order chi connectivity index (χ0) is 20.3. The number of amides is 1. The molecule has 0 unspecified atom stereocenters. The number of hydrogen-bond donors (Lipinski definition) is 2. The van der Waals surface area contributed by atoms with Crippen molar-refractivity contribution in [2.24, 2.45) is 0 Å². The van der Waals surface area contributed by atoms with Gasteiger partial charge in [-0.3, -0.25) is 9.52 Å². The van der Waals surface area contributed by atoms with Gasteiger partial charge >= 0.3 is 0 Å². The van der Waals surface area contributed by atoms with Gasteiger partial charge in [-0.15, -0.1) is 0 Å². The first-order valence-corrected chi connectivity index (χ1v) is 10.5. The Morgan fingerprint density at radius 1 is 1.25 bits per heavy atom. The third-order valence-corrected chi connectivity index (χ3v) is 5.61. The molecule has 0 bridgehead atoms. The first-order valence-electron chi connectivity index (χ1n) is 8.44. The summed E-state index contributed by atoms with van der Waals surface area (Å²) in [6, 6.07) is 9.86. The molecular formula is C19H19ClN2O5S. The number of carbonyl (C=O) groups is 1. The van der Waals surface area contributed by atoms with Crippen LogP contribution >= 0.6 is 11.6 Å². The highest BCUT2D eigenvalue weighted by molar-refractivity contribution is 7.92. The summed E-state index contributed by atoms with van der Waals surface area (Å²) in [5.74, 6) is 0.555. The van der Waals surface area contributed by atoms with Gasteiger partial charge in [0, 0.05) is 22.3 Å². The minimum atomic E-state index is -3.44. The Hall–Kier alpha value is -2.71. The van der Waals surface area contributed by atoms with Crippen molar-refractivity contribution in [1.29, 1.82) is 0 Å². The van der Waals surface area contributed by atoms with Crippen LogP contribution in [-0.2, 0) is 14.8 Å². The highest BCUT2D eigenvalue weighted by atomic mass is 35.5. The molecule has 1 aliphatic heterocycles. The van der Waals surface area contributed by atoms with Gasteiger partial charge in [0.15, 0.2) is 0 Å². The number of methoxy groups -OCH3 is 1. The average molecular weight is 423 g/mol. The fourth-order valence-electron chi connectivity index (χ4n) is 2.58. The lowest BCUT2D eigenvalue weighted by atomic mass is 10.1. The summed E-state index contributed by atoms with van der Waals surface area (Å²) < 4.78 is 36.8. The monoisotopic (exact) mass is 422 g/mol. The first-order chi connectivity index (χ1) is 13.3. The molecule has 2 N–H and O–H groups in total. The summed E-state index contributed by atoms with van der Waals surface area (Å²) in [7, 11) is -2.02. The maximum atomic E-state index is 12.6. The Balaban J connectivity index is 1.79. The number of ether oxygens (including phenoxy) is 2. The van der Waals surface area contributed by atoms with E-state index in [2.05, 4.69) is 10.0 Å². The Labute approximate surface area is 168 Å². The van der Waals surface area contributed by atoms with E-state index in [1.807, 2.05) is 0 Å². The van der Waals surface area contributed by atoms with E-state index in [1.54, 1.807) is 36.4 Å². The standard InChI is InChI=1S/C19H19ClN2O5S/c1-3-28(24,25)22-16-6-5-15(10-18(16)26-2)21-19(23)13-8-12-9-14(20)4-7-17(12)27-11-13/h4-10,22H,3,11H2,1-2H3,(H,21,23). The van der Waals surface area contributed by atoms with Crippen LogP contribution in [0.4, 0.5) is 11.4 Å². The van der Waals surface area contributed by atoms with Gasteiger partial charge in [-0.25, -0.2) is 8.42 Å². The second kappa shape index (κ2) is 8.12. The fraction of sp³-hybridized carbons (Fsp3) is 0.211. The van der Waals surface area contributed by atoms with E-state index in [-0.39, 0.29) is 18.3 Å². The Morgan fingerprint density at radius 2 is 2.04 bits per heavy atom. The molecule has 0 aliphatic carbocycles. The van der Waals surface area contributed by atoms with Crippen molar-refractivity contribution in [2.75, 3.05) is 29.5 Å². The molecule has 1 amide bonds. The second-order valence-electron chi connectivity index (χ2n) is 6.02. The molecule has 0 saturated carbocycles. The highest BCUT2D eigenvalue weighted by Crippen LogP contribution is 2.31. The van der Waals surface area contributed by atoms with Gasteiger partial charge in [-0.2, -0.15) is 0 Å². The number of hydrogen-bond acceptors (Lipinski definition) is 5. The van der Waals surface area contributed by atoms with Crippen LogP contribution in [0.25, 0.3) is 6.08 Å². The molecule has 148 valence electrons. The van der Waals surface area contributed by atoms with Crippen molar-refractivity contribution in [3.05, 3.63) is 52.6 Å². The van der Waals surface area contributed by atoms with Gasteiger partial charge < -0.3 is 14.8 Å². The van der Waals surface area contributed by atoms with Crippen molar-refractivity contribution in [3.63, 3.8) is 0 Å². The predicted octanol–water partition coefficient (Wildman–Crippen LogP) is 3.52. The summed E-state index contributed by atoms with van der Waals surface area (Å²) in [6.07, 6.45) is 1.72. The largest absolute Gasteiger partial charge is 0.494 e. The van der Waals surface area contributed by atoms with Crippen LogP contribution in [0.5, 0.6) is 11.5 Å². The lowest BCUT2D eigenvalue weighted by Gasteiger charge is -2.18. The maximum Gasteiger partial charge on any atom is 0.255 e. The zero-order valence-electron chi connectivity index (χ0n) is 15.3. The summed E-state index contributed by atoms with van der Waals surface area (Å²) in [5, 5.41) is 3.31. The highest BCUT2D eigenvalue weighted by Gasteiger charge is 2.18. The van der Waals surface area contributed by atoms with E-state index < -0.39 is 10.0 Å². The molecule has 3 rings (SSSR count). The van der Waals surface area contributed by atoms with Crippen molar-refractivity contribution in [1.82, 2.24) is 0 Å². The molecule has 0 saturated heterocycles. The summed E-state index contributed by atoms with van der Waals surface area (Å²) in [5.41, 5.74) is 1.92. The minimum Gasteiger partial charge on any atom is -0.494 e. The summed E-state index contributed by atoms with van der Waals surface area (Å²) >= 11 is 5.99. The Kier molecular flexibility index (Phi) is 5.81. The van der Waals surface area contributed by atoms with E-state index in [9.17, 15) is 13.2 Å².